The van der Waals surface area contributed by atoms with Gasteiger partial charge in [0.1, 0.15) is 11.6 Å². The van der Waals surface area contributed by atoms with Gasteiger partial charge in [-0.25, -0.2) is 0 Å². The third-order valence-corrected chi connectivity index (χ3v) is 5.40. The van der Waals surface area contributed by atoms with E-state index in [0.717, 1.165) is 34.0 Å². The number of aromatic amines is 1. The highest BCUT2D eigenvalue weighted by Gasteiger charge is 2.36. The fraction of sp³-hybridized carbons (Fsp3) is 0.286. The molecule has 0 spiro atoms. The molecule has 3 heterocycles. The van der Waals surface area contributed by atoms with Gasteiger partial charge in [0, 0.05) is 17.5 Å². The van der Waals surface area contributed by atoms with Crippen molar-refractivity contribution in [1.82, 2.24) is 20.0 Å². The topological polar surface area (TPSA) is 106 Å². The van der Waals surface area contributed by atoms with Crippen molar-refractivity contribution in [2.75, 3.05) is 0 Å². The van der Waals surface area contributed by atoms with Crippen LogP contribution in [0.3, 0.4) is 0 Å². The van der Waals surface area contributed by atoms with Crippen LogP contribution in [0.4, 0.5) is 13.2 Å². The van der Waals surface area contributed by atoms with Gasteiger partial charge in [0.25, 0.3) is 0 Å². The standard InChI is InChI=1S/C21H19F3N6O/c1-10-6-13(9-30-5-4-16(29-30)21(22,23)24)11(2)14(7-10)18-15(8-25)19(26)31-20-17(18)12(3)27-28-20/h4-7,18H,9,26H2,1-3H3,(H,27,28). The first-order valence-electron chi connectivity index (χ1n) is 9.43. The number of halogens is 3. The Kier molecular flexibility index (Phi) is 4.76. The molecule has 7 nitrogen and oxygen atoms in total. The van der Waals surface area contributed by atoms with Gasteiger partial charge in [-0.15, -0.1) is 5.10 Å². The maximum absolute atomic E-state index is 12.9. The molecule has 1 aliphatic heterocycles. The number of rotatable bonds is 3. The SMILES string of the molecule is Cc1cc(Cn2ccc(C(F)(F)F)n2)c(C)c(C2C(C#N)=C(N)Oc3n[nH]c(C)c32)c1. The second-order valence-electron chi connectivity index (χ2n) is 7.53. The predicted octanol–water partition coefficient (Wildman–Crippen LogP) is 3.82. The van der Waals surface area contributed by atoms with Crippen molar-refractivity contribution in [1.29, 1.82) is 5.26 Å². The van der Waals surface area contributed by atoms with Gasteiger partial charge in [-0.1, -0.05) is 17.7 Å². The largest absolute Gasteiger partial charge is 0.435 e. The van der Waals surface area contributed by atoms with Crippen LogP contribution in [0.1, 0.15) is 45.1 Å². The number of allylic oxidation sites excluding steroid dienone is 1. The highest BCUT2D eigenvalue weighted by atomic mass is 19.4. The molecule has 4 rings (SSSR count). The van der Waals surface area contributed by atoms with Crippen LogP contribution < -0.4 is 10.5 Å². The summed E-state index contributed by atoms with van der Waals surface area (Å²) in [6.45, 7) is 5.73. The van der Waals surface area contributed by atoms with Gasteiger partial charge < -0.3 is 10.5 Å². The van der Waals surface area contributed by atoms with Crippen LogP contribution in [0.5, 0.6) is 5.88 Å². The molecule has 0 bridgehead atoms. The average Bonchev–Trinajstić information content (AvgIpc) is 3.30. The van der Waals surface area contributed by atoms with Gasteiger partial charge in [0.15, 0.2) is 5.69 Å². The zero-order valence-corrected chi connectivity index (χ0v) is 17.0. The lowest BCUT2D eigenvalue weighted by Gasteiger charge is -2.26. The molecule has 10 heteroatoms. The van der Waals surface area contributed by atoms with E-state index in [-0.39, 0.29) is 18.0 Å². The van der Waals surface area contributed by atoms with E-state index >= 15 is 0 Å². The van der Waals surface area contributed by atoms with E-state index < -0.39 is 17.8 Å². The lowest BCUT2D eigenvalue weighted by Crippen LogP contribution is -2.22. The van der Waals surface area contributed by atoms with Crippen molar-refractivity contribution in [3.8, 4) is 11.9 Å². The number of nitrogens with zero attached hydrogens (tertiary/aromatic N) is 4. The van der Waals surface area contributed by atoms with E-state index in [1.165, 1.54) is 10.9 Å². The van der Waals surface area contributed by atoms with E-state index in [0.29, 0.717) is 11.4 Å². The van der Waals surface area contributed by atoms with Crippen LogP contribution in [0.15, 0.2) is 35.9 Å². The van der Waals surface area contributed by atoms with Crippen LogP contribution in [0.25, 0.3) is 0 Å². The third kappa shape index (κ3) is 3.52. The van der Waals surface area contributed by atoms with E-state index in [1.54, 1.807) is 0 Å². The maximum atomic E-state index is 12.9. The average molecular weight is 428 g/mol. The molecular formula is C21H19F3N6O. The number of fused-ring (bicyclic) bond motifs is 1. The summed E-state index contributed by atoms with van der Waals surface area (Å²) in [6.07, 6.45) is -3.20. The van der Waals surface area contributed by atoms with Gasteiger partial charge in [-0.05, 0) is 43.5 Å². The number of benzene rings is 1. The lowest BCUT2D eigenvalue weighted by atomic mass is 9.80. The number of ether oxygens (including phenoxy) is 1. The number of nitriles is 1. The van der Waals surface area contributed by atoms with Crippen LogP contribution in [0.2, 0.25) is 0 Å². The molecule has 3 aromatic rings. The first kappa shape index (κ1) is 20.5. The molecule has 31 heavy (non-hydrogen) atoms. The Balaban J connectivity index is 1.82. The number of aryl methyl sites for hydroxylation is 2. The molecule has 1 aliphatic rings. The molecular weight excluding hydrogens is 409 g/mol. The predicted molar refractivity (Wildman–Crippen MR) is 105 cm³/mol. The number of nitrogens with one attached hydrogen (secondary N) is 1. The number of H-pyrrole nitrogens is 1. The molecule has 0 saturated heterocycles. The molecule has 0 amide bonds. The Labute approximate surface area is 175 Å². The molecule has 0 fully saturated rings. The number of hydrogen-bond acceptors (Lipinski definition) is 5. The van der Waals surface area contributed by atoms with Gasteiger partial charge in [-0.2, -0.15) is 23.5 Å². The zero-order valence-electron chi connectivity index (χ0n) is 17.0. The van der Waals surface area contributed by atoms with Gasteiger partial charge in [0.2, 0.25) is 11.8 Å². The minimum Gasteiger partial charge on any atom is -0.420 e. The van der Waals surface area contributed by atoms with Crippen molar-refractivity contribution < 1.29 is 17.9 Å². The Morgan fingerprint density at radius 2 is 2.03 bits per heavy atom. The number of alkyl halides is 3. The van der Waals surface area contributed by atoms with Crippen molar-refractivity contribution in [2.24, 2.45) is 5.73 Å². The summed E-state index contributed by atoms with van der Waals surface area (Å²) >= 11 is 0. The van der Waals surface area contributed by atoms with Crippen molar-refractivity contribution in [2.45, 2.75) is 39.4 Å². The van der Waals surface area contributed by atoms with Crippen molar-refractivity contribution in [3.05, 3.63) is 75.1 Å². The molecule has 0 saturated carbocycles. The monoisotopic (exact) mass is 428 g/mol. The summed E-state index contributed by atoms with van der Waals surface area (Å²) < 4.78 is 45.5. The van der Waals surface area contributed by atoms with Crippen LogP contribution in [-0.2, 0) is 12.7 Å². The Hall–Kier alpha value is -3.74. The van der Waals surface area contributed by atoms with Crippen molar-refractivity contribution in [3.63, 3.8) is 0 Å². The van der Waals surface area contributed by atoms with E-state index in [4.69, 9.17) is 10.5 Å². The summed E-state index contributed by atoms with van der Waals surface area (Å²) in [5.74, 6) is -0.214. The number of nitrogens with two attached hydrogens (primary N) is 1. The molecule has 2 aromatic heterocycles. The molecule has 160 valence electrons. The molecule has 0 radical (unpaired) electrons. The zero-order chi connectivity index (χ0) is 22.5. The van der Waals surface area contributed by atoms with Crippen LogP contribution in [-0.4, -0.2) is 20.0 Å². The Morgan fingerprint density at radius 1 is 1.29 bits per heavy atom. The van der Waals surface area contributed by atoms with Crippen LogP contribution >= 0.6 is 0 Å². The summed E-state index contributed by atoms with van der Waals surface area (Å²) in [7, 11) is 0. The molecule has 3 N–H and O–H groups in total. The van der Waals surface area contributed by atoms with Crippen LogP contribution in [0, 0.1) is 32.1 Å². The first-order valence-corrected chi connectivity index (χ1v) is 9.43. The second kappa shape index (κ2) is 7.19. The summed E-state index contributed by atoms with van der Waals surface area (Å²) in [4.78, 5) is 0. The molecule has 0 aliphatic carbocycles. The number of aromatic nitrogens is 4. The molecule has 1 atom stereocenters. The molecule has 1 unspecified atom stereocenters. The van der Waals surface area contributed by atoms with E-state index in [9.17, 15) is 18.4 Å². The normalized spacial score (nSPS) is 16.1. The molecule has 1 aromatic carbocycles. The van der Waals surface area contributed by atoms with E-state index in [1.807, 2.05) is 32.9 Å². The Morgan fingerprint density at radius 3 is 2.68 bits per heavy atom. The number of hydrogen-bond donors (Lipinski definition) is 2. The summed E-state index contributed by atoms with van der Waals surface area (Å²) in [6, 6.07) is 6.93. The quantitative estimate of drug-likeness (QED) is 0.660. The third-order valence-electron chi connectivity index (χ3n) is 5.40. The summed E-state index contributed by atoms with van der Waals surface area (Å²) in [5, 5.41) is 20.4. The Bertz CT molecular complexity index is 1250. The maximum Gasteiger partial charge on any atom is 0.435 e. The summed E-state index contributed by atoms with van der Waals surface area (Å²) in [5.41, 5.74) is 10.1. The second-order valence-corrected chi connectivity index (χ2v) is 7.53. The van der Waals surface area contributed by atoms with Gasteiger partial charge in [-0.3, -0.25) is 9.78 Å². The van der Waals surface area contributed by atoms with E-state index in [2.05, 4.69) is 21.4 Å². The van der Waals surface area contributed by atoms with Crippen molar-refractivity contribution >= 4 is 0 Å². The minimum absolute atomic E-state index is 0.0177. The highest BCUT2D eigenvalue weighted by Crippen LogP contribution is 2.44. The fourth-order valence-corrected chi connectivity index (χ4v) is 3.91. The van der Waals surface area contributed by atoms with Gasteiger partial charge in [0.05, 0.1) is 12.5 Å². The van der Waals surface area contributed by atoms with Gasteiger partial charge >= 0.3 is 6.18 Å². The first-order chi connectivity index (χ1) is 14.6. The highest BCUT2D eigenvalue weighted by molar-refractivity contribution is 5.58. The lowest BCUT2D eigenvalue weighted by molar-refractivity contribution is -0.141. The smallest absolute Gasteiger partial charge is 0.420 e. The fourth-order valence-electron chi connectivity index (χ4n) is 3.91. The minimum atomic E-state index is -4.50.